The highest BCUT2D eigenvalue weighted by atomic mass is 32.1. The normalized spacial score (nSPS) is 14.3. The molecule has 7 nitrogen and oxygen atoms in total. The standard InChI is InChI=1S/C21H23N5O2S/c27-20(24-19-15-29-21(25-19)28-17-9-3-1-4-10-17)23-18-11-7-8-16(22-18)14-26-12-5-2-6-13-26/h1,3-4,7-11,15H,2,5-6,12-14H2,(H2,22,23,24,27). The molecule has 2 amide bonds. The van der Waals surface area contributed by atoms with Crippen LogP contribution >= 0.6 is 11.3 Å². The minimum absolute atomic E-state index is 0.385. The van der Waals surface area contributed by atoms with Gasteiger partial charge in [0.1, 0.15) is 17.4 Å². The van der Waals surface area contributed by atoms with E-state index in [1.165, 1.54) is 30.6 Å². The van der Waals surface area contributed by atoms with Gasteiger partial charge in [0, 0.05) is 11.9 Å². The Morgan fingerprint density at radius 3 is 2.59 bits per heavy atom. The number of thiazole rings is 1. The van der Waals surface area contributed by atoms with E-state index < -0.39 is 0 Å². The summed E-state index contributed by atoms with van der Waals surface area (Å²) >= 11 is 1.32. The summed E-state index contributed by atoms with van der Waals surface area (Å²) in [5, 5.41) is 7.69. The number of aromatic nitrogens is 2. The molecule has 3 heterocycles. The first-order valence-corrected chi connectivity index (χ1v) is 10.6. The van der Waals surface area contributed by atoms with Crippen LogP contribution in [0.15, 0.2) is 53.9 Å². The van der Waals surface area contributed by atoms with Gasteiger partial charge >= 0.3 is 6.03 Å². The predicted octanol–water partition coefficient (Wildman–Crippen LogP) is 4.96. The second-order valence-electron chi connectivity index (χ2n) is 6.84. The van der Waals surface area contributed by atoms with Gasteiger partial charge in [-0.25, -0.2) is 9.78 Å². The summed E-state index contributed by atoms with van der Waals surface area (Å²) < 4.78 is 5.67. The van der Waals surface area contributed by atoms with Gasteiger partial charge in [0.05, 0.1) is 5.69 Å². The SMILES string of the molecule is O=C(Nc1cccc(CN2CCCCC2)n1)Nc1csc(Oc2ccccc2)n1. The Morgan fingerprint density at radius 1 is 0.966 bits per heavy atom. The van der Waals surface area contributed by atoms with E-state index in [9.17, 15) is 4.79 Å². The van der Waals surface area contributed by atoms with E-state index in [0.29, 0.717) is 22.6 Å². The van der Waals surface area contributed by atoms with Crippen molar-refractivity contribution in [3.8, 4) is 10.9 Å². The highest BCUT2D eigenvalue weighted by molar-refractivity contribution is 7.11. The fourth-order valence-electron chi connectivity index (χ4n) is 3.20. The van der Waals surface area contributed by atoms with Gasteiger partial charge in [-0.1, -0.05) is 42.0 Å². The smallest absolute Gasteiger partial charge is 0.326 e. The Bertz CT molecular complexity index is 941. The van der Waals surface area contributed by atoms with Crippen molar-refractivity contribution >= 4 is 29.0 Å². The number of urea groups is 1. The Morgan fingerprint density at radius 2 is 1.76 bits per heavy atom. The molecule has 0 aliphatic carbocycles. The average Bonchev–Trinajstić information content (AvgIpc) is 3.16. The molecule has 2 N–H and O–H groups in total. The minimum atomic E-state index is -0.385. The fourth-order valence-corrected chi connectivity index (χ4v) is 3.82. The molecule has 8 heteroatoms. The summed E-state index contributed by atoms with van der Waals surface area (Å²) in [6.07, 6.45) is 3.79. The third-order valence-electron chi connectivity index (χ3n) is 4.56. The first kappa shape index (κ1) is 19.4. The van der Waals surface area contributed by atoms with Crippen molar-refractivity contribution in [3.05, 3.63) is 59.6 Å². The maximum absolute atomic E-state index is 12.3. The number of nitrogens with one attached hydrogen (secondary N) is 2. The molecular formula is C21H23N5O2S. The number of piperidine rings is 1. The first-order chi connectivity index (χ1) is 14.2. The predicted molar refractivity (Wildman–Crippen MR) is 115 cm³/mol. The van der Waals surface area contributed by atoms with Crippen molar-refractivity contribution in [1.82, 2.24) is 14.9 Å². The van der Waals surface area contributed by atoms with Crippen molar-refractivity contribution in [2.45, 2.75) is 25.8 Å². The molecule has 0 unspecified atom stereocenters. The van der Waals surface area contributed by atoms with Gasteiger partial charge in [0.25, 0.3) is 5.19 Å². The molecule has 0 spiro atoms. The van der Waals surface area contributed by atoms with Crippen molar-refractivity contribution in [3.63, 3.8) is 0 Å². The van der Waals surface area contributed by atoms with Crippen LogP contribution in [0.4, 0.5) is 16.4 Å². The van der Waals surface area contributed by atoms with Gasteiger partial charge in [-0.3, -0.25) is 15.5 Å². The number of rotatable bonds is 6. The largest absolute Gasteiger partial charge is 0.431 e. The summed E-state index contributed by atoms with van der Waals surface area (Å²) in [6.45, 7) is 3.03. The van der Waals surface area contributed by atoms with Gasteiger partial charge < -0.3 is 4.74 Å². The van der Waals surface area contributed by atoms with Gasteiger partial charge in [-0.15, -0.1) is 0 Å². The number of pyridine rings is 1. The van der Waals surface area contributed by atoms with Gasteiger partial charge in [-0.2, -0.15) is 4.98 Å². The molecule has 29 heavy (non-hydrogen) atoms. The molecule has 4 rings (SSSR count). The summed E-state index contributed by atoms with van der Waals surface area (Å²) in [5.41, 5.74) is 0.955. The molecule has 0 atom stereocenters. The van der Waals surface area contributed by atoms with Crippen molar-refractivity contribution < 1.29 is 9.53 Å². The zero-order valence-corrected chi connectivity index (χ0v) is 16.8. The number of benzene rings is 1. The van der Waals surface area contributed by atoms with Gasteiger partial charge in [0.2, 0.25) is 0 Å². The first-order valence-electron chi connectivity index (χ1n) is 9.69. The molecule has 0 saturated carbocycles. The molecular weight excluding hydrogens is 386 g/mol. The lowest BCUT2D eigenvalue weighted by Crippen LogP contribution is -2.29. The second-order valence-corrected chi connectivity index (χ2v) is 7.66. The molecule has 1 saturated heterocycles. The molecule has 1 aliphatic rings. The minimum Gasteiger partial charge on any atom is -0.431 e. The van der Waals surface area contributed by atoms with Gasteiger partial charge in [-0.05, 0) is 50.2 Å². The van der Waals surface area contributed by atoms with E-state index in [0.717, 1.165) is 25.3 Å². The zero-order valence-electron chi connectivity index (χ0n) is 16.0. The number of carbonyl (C=O) groups is 1. The van der Waals surface area contributed by atoms with E-state index in [2.05, 4.69) is 25.5 Å². The van der Waals surface area contributed by atoms with Crippen LogP contribution in [0.3, 0.4) is 0 Å². The van der Waals surface area contributed by atoms with Crippen LogP contribution in [0.1, 0.15) is 25.0 Å². The topological polar surface area (TPSA) is 79.4 Å². The van der Waals surface area contributed by atoms with Gasteiger partial charge in [0.15, 0.2) is 0 Å². The Labute approximate surface area is 173 Å². The van der Waals surface area contributed by atoms with Crippen LogP contribution in [-0.4, -0.2) is 34.0 Å². The van der Waals surface area contributed by atoms with E-state index in [1.54, 1.807) is 11.4 Å². The molecule has 0 bridgehead atoms. The number of ether oxygens (including phenoxy) is 1. The van der Waals surface area contributed by atoms with Crippen molar-refractivity contribution in [1.29, 1.82) is 0 Å². The highest BCUT2D eigenvalue weighted by Crippen LogP contribution is 2.27. The lowest BCUT2D eigenvalue weighted by molar-refractivity contribution is 0.218. The quantitative estimate of drug-likeness (QED) is 0.601. The highest BCUT2D eigenvalue weighted by Gasteiger charge is 2.12. The Hall–Kier alpha value is -2.97. The summed E-state index contributed by atoms with van der Waals surface area (Å²) in [7, 11) is 0. The lowest BCUT2D eigenvalue weighted by atomic mass is 10.1. The monoisotopic (exact) mass is 409 g/mol. The number of amides is 2. The Kier molecular flexibility index (Phi) is 6.33. The summed E-state index contributed by atoms with van der Waals surface area (Å²) in [4.78, 5) is 23.5. The number of para-hydroxylation sites is 1. The lowest BCUT2D eigenvalue weighted by Gasteiger charge is -2.26. The van der Waals surface area contributed by atoms with E-state index in [1.807, 2.05) is 42.5 Å². The number of nitrogens with zero attached hydrogens (tertiary/aromatic N) is 3. The van der Waals surface area contributed by atoms with Crippen LogP contribution < -0.4 is 15.4 Å². The molecule has 1 aliphatic heterocycles. The number of hydrogen-bond donors (Lipinski definition) is 2. The number of likely N-dealkylation sites (tertiary alicyclic amines) is 1. The van der Waals surface area contributed by atoms with Crippen LogP contribution in [0, 0.1) is 0 Å². The van der Waals surface area contributed by atoms with Crippen LogP contribution in [-0.2, 0) is 6.54 Å². The number of anilines is 2. The van der Waals surface area contributed by atoms with Crippen LogP contribution in [0.2, 0.25) is 0 Å². The molecule has 3 aromatic rings. The van der Waals surface area contributed by atoms with E-state index in [-0.39, 0.29) is 6.03 Å². The molecule has 2 aromatic heterocycles. The maximum Gasteiger partial charge on any atom is 0.326 e. The molecule has 150 valence electrons. The van der Waals surface area contributed by atoms with E-state index in [4.69, 9.17) is 4.74 Å². The third-order valence-corrected chi connectivity index (χ3v) is 5.27. The zero-order chi connectivity index (χ0) is 19.9. The second kappa shape index (κ2) is 9.49. The fraction of sp³-hybridized carbons (Fsp3) is 0.286. The molecule has 1 fully saturated rings. The van der Waals surface area contributed by atoms with E-state index >= 15 is 0 Å². The third kappa shape index (κ3) is 5.75. The average molecular weight is 410 g/mol. The summed E-state index contributed by atoms with van der Waals surface area (Å²) in [6, 6.07) is 14.7. The van der Waals surface area contributed by atoms with Crippen molar-refractivity contribution in [2.75, 3.05) is 23.7 Å². The molecule has 0 radical (unpaired) electrons. The summed E-state index contributed by atoms with van der Waals surface area (Å²) in [5.74, 6) is 1.66. The Balaban J connectivity index is 1.31. The number of hydrogen-bond acceptors (Lipinski definition) is 6. The maximum atomic E-state index is 12.3. The number of carbonyl (C=O) groups excluding carboxylic acids is 1. The van der Waals surface area contributed by atoms with Crippen molar-refractivity contribution in [2.24, 2.45) is 0 Å². The molecule has 1 aromatic carbocycles. The van der Waals surface area contributed by atoms with Crippen LogP contribution in [0.25, 0.3) is 0 Å². The van der Waals surface area contributed by atoms with Crippen LogP contribution in [0.5, 0.6) is 10.9 Å².